The molecule has 1 unspecified atom stereocenters. The third kappa shape index (κ3) is 8.60. The van der Waals surface area contributed by atoms with Gasteiger partial charge >= 0.3 is 0 Å². The fraction of sp³-hybridized carbons (Fsp3) is 0.577. The zero-order valence-electron chi connectivity index (χ0n) is 20.5. The molecule has 2 heterocycles. The summed E-state index contributed by atoms with van der Waals surface area (Å²) >= 11 is 0. The van der Waals surface area contributed by atoms with Crippen molar-refractivity contribution < 1.29 is 14.3 Å². The Morgan fingerprint density at radius 2 is 1.91 bits per heavy atom. The van der Waals surface area contributed by atoms with Gasteiger partial charge in [-0.05, 0) is 62.3 Å². The maximum absolute atomic E-state index is 12.8. The van der Waals surface area contributed by atoms with Crippen LogP contribution in [0.15, 0.2) is 30.3 Å². The molecule has 0 radical (unpaired) electrons. The molecule has 2 aliphatic rings. The van der Waals surface area contributed by atoms with Crippen molar-refractivity contribution in [3.8, 4) is 16.9 Å². The summed E-state index contributed by atoms with van der Waals surface area (Å²) in [4.78, 5) is 12.8. The Bertz CT molecular complexity index is 902. The van der Waals surface area contributed by atoms with Crippen LogP contribution in [0.5, 0.6) is 5.75 Å². The highest BCUT2D eigenvalue weighted by molar-refractivity contribution is 5.93. The van der Waals surface area contributed by atoms with E-state index in [2.05, 4.69) is 39.9 Å². The van der Waals surface area contributed by atoms with Gasteiger partial charge in [-0.1, -0.05) is 31.9 Å². The molecule has 1 aromatic heterocycles. The lowest BCUT2D eigenvalue weighted by molar-refractivity contribution is 0.0286. The summed E-state index contributed by atoms with van der Waals surface area (Å²) in [5.74, 6) is 0.680. The topological polar surface area (TPSA) is 85.4 Å². The Kier molecular flexibility index (Phi) is 12.8. The molecule has 1 aliphatic carbocycles. The molecule has 1 saturated heterocycles. The molecule has 9 heteroatoms. The van der Waals surface area contributed by atoms with Gasteiger partial charge in [0.15, 0.2) is 5.69 Å². The largest absolute Gasteiger partial charge is 0.490 e. The number of carbonyl (C=O) groups is 1. The van der Waals surface area contributed by atoms with Crippen LogP contribution in [0.4, 0.5) is 0 Å². The molecule has 194 valence electrons. The molecule has 7 nitrogen and oxygen atoms in total. The van der Waals surface area contributed by atoms with Gasteiger partial charge in [-0.25, -0.2) is 0 Å². The fourth-order valence-electron chi connectivity index (χ4n) is 4.44. The Hall–Kier alpha value is -1.93. The van der Waals surface area contributed by atoms with E-state index in [0.717, 1.165) is 67.8 Å². The van der Waals surface area contributed by atoms with E-state index < -0.39 is 0 Å². The molecule has 4 rings (SSSR count). The number of benzene rings is 1. The monoisotopic (exact) mass is 524 g/mol. The molecule has 1 saturated carbocycles. The van der Waals surface area contributed by atoms with E-state index in [-0.39, 0.29) is 36.8 Å². The van der Waals surface area contributed by atoms with Crippen molar-refractivity contribution in [1.29, 1.82) is 0 Å². The number of ether oxygens (including phenoxy) is 2. The SMILES string of the molecule is CCCCc1nnc(C(=O)NCC2CNCCO2)cc1-c1ccc(OC2CCCCC2)cc1.Cl.Cl. The number of hydrogen-bond acceptors (Lipinski definition) is 6. The molecular weight excluding hydrogens is 487 g/mol. The summed E-state index contributed by atoms with van der Waals surface area (Å²) in [6.45, 7) is 4.87. The summed E-state index contributed by atoms with van der Waals surface area (Å²) < 4.78 is 11.8. The fourth-order valence-corrected chi connectivity index (χ4v) is 4.44. The number of aryl methyl sites for hydroxylation is 1. The minimum atomic E-state index is -0.225. The summed E-state index contributed by atoms with van der Waals surface area (Å²) in [6, 6.07) is 10.0. The van der Waals surface area contributed by atoms with Crippen LogP contribution in [0.25, 0.3) is 11.1 Å². The average molecular weight is 526 g/mol. The minimum absolute atomic E-state index is 0. The number of amides is 1. The Morgan fingerprint density at radius 3 is 2.60 bits per heavy atom. The normalized spacial score (nSPS) is 18.1. The molecule has 0 bridgehead atoms. The van der Waals surface area contributed by atoms with E-state index in [1.807, 2.05) is 18.2 Å². The lowest BCUT2D eigenvalue weighted by atomic mass is 9.97. The number of carbonyl (C=O) groups excluding carboxylic acids is 1. The van der Waals surface area contributed by atoms with Crippen LogP contribution in [0.2, 0.25) is 0 Å². The van der Waals surface area contributed by atoms with Gasteiger partial charge in [-0.3, -0.25) is 4.79 Å². The van der Waals surface area contributed by atoms with Crippen molar-refractivity contribution in [2.45, 2.75) is 70.5 Å². The Morgan fingerprint density at radius 1 is 1.14 bits per heavy atom. The third-order valence-electron chi connectivity index (χ3n) is 6.39. The second-order valence-electron chi connectivity index (χ2n) is 9.00. The Balaban J connectivity index is 0.00000216. The highest BCUT2D eigenvalue weighted by Gasteiger charge is 2.18. The van der Waals surface area contributed by atoms with Crippen LogP contribution in [-0.2, 0) is 11.2 Å². The van der Waals surface area contributed by atoms with Gasteiger partial charge in [0, 0.05) is 25.2 Å². The van der Waals surface area contributed by atoms with Gasteiger partial charge in [0.1, 0.15) is 5.75 Å². The van der Waals surface area contributed by atoms with Gasteiger partial charge in [-0.2, -0.15) is 5.10 Å². The van der Waals surface area contributed by atoms with Crippen molar-refractivity contribution in [3.63, 3.8) is 0 Å². The molecule has 1 amide bonds. The lowest BCUT2D eigenvalue weighted by Gasteiger charge is -2.23. The smallest absolute Gasteiger partial charge is 0.271 e. The predicted octanol–water partition coefficient (Wildman–Crippen LogP) is 4.76. The van der Waals surface area contributed by atoms with Gasteiger partial charge in [-0.15, -0.1) is 29.9 Å². The van der Waals surface area contributed by atoms with E-state index in [0.29, 0.717) is 24.9 Å². The summed E-state index contributed by atoms with van der Waals surface area (Å²) in [5, 5.41) is 14.9. The first-order valence-corrected chi connectivity index (χ1v) is 12.5. The third-order valence-corrected chi connectivity index (χ3v) is 6.39. The molecule has 1 atom stereocenters. The second kappa shape index (κ2) is 15.2. The van der Waals surface area contributed by atoms with E-state index >= 15 is 0 Å². The molecule has 0 spiro atoms. The van der Waals surface area contributed by atoms with Crippen LogP contribution >= 0.6 is 24.8 Å². The number of rotatable bonds is 9. The summed E-state index contributed by atoms with van der Waals surface area (Å²) in [6.07, 6.45) is 9.34. The molecule has 2 fully saturated rings. The van der Waals surface area contributed by atoms with Gasteiger partial charge in [0.2, 0.25) is 0 Å². The number of halogens is 2. The Labute approximate surface area is 221 Å². The number of nitrogens with one attached hydrogen (secondary N) is 2. The first kappa shape index (κ1) is 29.3. The molecule has 2 N–H and O–H groups in total. The minimum Gasteiger partial charge on any atom is -0.490 e. The van der Waals surface area contributed by atoms with Crippen molar-refractivity contribution >= 4 is 30.7 Å². The number of morpholine rings is 1. The van der Waals surface area contributed by atoms with E-state index in [9.17, 15) is 4.79 Å². The zero-order valence-corrected chi connectivity index (χ0v) is 22.1. The van der Waals surface area contributed by atoms with Crippen LogP contribution in [0, 0.1) is 0 Å². The number of nitrogens with zero attached hydrogens (tertiary/aromatic N) is 2. The maximum Gasteiger partial charge on any atom is 0.271 e. The highest BCUT2D eigenvalue weighted by atomic mass is 35.5. The van der Waals surface area contributed by atoms with Gasteiger partial charge < -0.3 is 20.1 Å². The van der Waals surface area contributed by atoms with Crippen LogP contribution in [0.3, 0.4) is 0 Å². The van der Waals surface area contributed by atoms with Crippen molar-refractivity contribution in [2.24, 2.45) is 0 Å². The van der Waals surface area contributed by atoms with E-state index in [1.165, 1.54) is 19.3 Å². The highest BCUT2D eigenvalue weighted by Crippen LogP contribution is 2.28. The quantitative estimate of drug-likeness (QED) is 0.491. The first-order valence-electron chi connectivity index (χ1n) is 12.5. The average Bonchev–Trinajstić information content (AvgIpc) is 2.88. The predicted molar refractivity (Wildman–Crippen MR) is 143 cm³/mol. The maximum atomic E-state index is 12.8. The molecular formula is C26H38Cl2N4O3. The first-order chi connectivity index (χ1) is 16.2. The van der Waals surface area contributed by atoms with E-state index in [4.69, 9.17) is 9.47 Å². The van der Waals surface area contributed by atoms with Crippen molar-refractivity contribution in [2.75, 3.05) is 26.2 Å². The van der Waals surface area contributed by atoms with Gasteiger partial charge in [0.25, 0.3) is 5.91 Å². The van der Waals surface area contributed by atoms with E-state index in [1.54, 1.807) is 0 Å². The summed E-state index contributed by atoms with van der Waals surface area (Å²) in [5.41, 5.74) is 3.25. The second-order valence-corrected chi connectivity index (χ2v) is 9.00. The summed E-state index contributed by atoms with van der Waals surface area (Å²) in [7, 11) is 0. The number of hydrogen-bond donors (Lipinski definition) is 2. The standard InChI is InChI=1S/C26H36N4O3.2ClH/c1-2-3-9-24-23(19-10-12-21(13-11-19)33-20-7-5-4-6-8-20)16-25(30-29-24)26(31)28-18-22-17-27-14-15-32-22;;/h10-13,16,20,22,27H,2-9,14-15,17-18H2,1H3,(H,28,31);2*1H. The molecule has 2 aromatic rings. The molecule has 35 heavy (non-hydrogen) atoms. The molecule has 1 aromatic carbocycles. The van der Waals surface area contributed by atoms with Crippen molar-refractivity contribution in [3.05, 3.63) is 41.7 Å². The van der Waals surface area contributed by atoms with Crippen LogP contribution in [0.1, 0.15) is 68.1 Å². The van der Waals surface area contributed by atoms with Crippen molar-refractivity contribution in [1.82, 2.24) is 20.8 Å². The van der Waals surface area contributed by atoms with Gasteiger partial charge in [0.05, 0.1) is 24.5 Å². The molecule has 1 aliphatic heterocycles. The van der Waals surface area contributed by atoms with Crippen LogP contribution in [-0.4, -0.2) is 54.6 Å². The number of aromatic nitrogens is 2. The number of unbranched alkanes of at least 4 members (excludes halogenated alkanes) is 1. The lowest BCUT2D eigenvalue weighted by Crippen LogP contribution is -2.45. The van der Waals surface area contributed by atoms with Crippen LogP contribution < -0.4 is 15.4 Å². The zero-order chi connectivity index (χ0) is 22.9.